The summed E-state index contributed by atoms with van der Waals surface area (Å²) >= 11 is 6.14. The van der Waals surface area contributed by atoms with E-state index in [0.717, 1.165) is 25.7 Å². The summed E-state index contributed by atoms with van der Waals surface area (Å²) in [7, 11) is 1.75. The van der Waals surface area contributed by atoms with Crippen LogP contribution >= 0.6 is 11.6 Å². The van der Waals surface area contributed by atoms with E-state index in [9.17, 15) is 9.90 Å². The number of ether oxygens (including phenoxy) is 1. The van der Waals surface area contributed by atoms with E-state index in [1.807, 2.05) is 13.8 Å². The first-order valence-corrected chi connectivity index (χ1v) is 8.52. The van der Waals surface area contributed by atoms with E-state index < -0.39 is 0 Å². The maximum absolute atomic E-state index is 12.5. The predicted octanol–water partition coefficient (Wildman–Crippen LogP) is 3.15. The highest BCUT2D eigenvalue weighted by Crippen LogP contribution is 2.26. The molecule has 1 saturated carbocycles. The summed E-state index contributed by atoms with van der Waals surface area (Å²) in [5.74, 6) is 0.335. The van der Waals surface area contributed by atoms with Gasteiger partial charge in [0.2, 0.25) is 5.88 Å². The van der Waals surface area contributed by atoms with Gasteiger partial charge in [0.05, 0.1) is 17.8 Å². The third-order valence-corrected chi connectivity index (χ3v) is 4.40. The number of halogens is 1. The van der Waals surface area contributed by atoms with E-state index in [2.05, 4.69) is 4.98 Å². The van der Waals surface area contributed by atoms with Crippen LogP contribution < -0.4 is 4.74 Å². The van der Waals surface area contributed by atoms with E-state index >= 15 is 0 Å². The van der Waals surface area contributed by atoms with Crippen molar-refractivity contribution in [3.05, 3.63) is 22.8 Å². The molecule has 1 N–H and O–H groups in total. The fourth-order valence-electron chi connectivity index (χ4n) is 2.91. The molecule has 6 heteroatoms. The number of aliphatic hydroxyl groups excluding tert-OH is 1. The zero-order valence-electron chi connectivity index (χ0n) is 14.0. The molecule has 0 aromatic carbocycles. The average Bonchev–Trinajstić information content (AvgIpc) is 2.50. The van der Waals surface area contributed by atoms with Crippen molar-refractivity contribution in [2.45, 2.75) is 51.7 Å². The quantitative estimate of drug-likeness (QED) is 0.894. The Labute approximate surface area is 142 Å². The number of hydrogen-bond acceptors (Lipinski definition) is 4. The first kappa shape index (κ1) is 18.0. The Hall–Kier alpha value is -1.33. The van der Waals surface area contributed by atoms with Crippen molar-refractivity contribution in [1.82, 2.24) is 9.88 Å². The van der Waals surface area contributed by atoms with Crippen LogP contribution in [0.5, 0.6) is 5.88 Å². The molecular formula is C17H25ClN2O3. The van der Waals surface area contributed by atoms with Gasteiger partial charge in [-0.25, -0.2) is 4.98 Å². The van der Waals surface area contributed by atoms with Gasteiger partial charge in [-0.2, -0.15) is 0 Å². The largest absolute Gasteiger partial charge is 0.474 e. The van der Waals surface area contributed by atoms with Crippen molar-refractivity contribution in [2.75, 3.05) is 13.6 Å². The van der Waals surface area contributed by atoms with Crippen LogP contribution in [0.3, 0.4) is 0 Å². The van der Waals surface area contributed by atoms with Crippen molar-refractivity contribution in [3.8, 4) is 5.88 Å². The average molecular weight is 341 g/mol. The van der Waals surface area contributed by atoms with Gasteiger partial charge in [-0.15, -0.1) is 0 Å². The van der Waals surface area contributed by atoms with Crippen LogP contribution in [0.25, 0.3) is 0 Å². The molecule has 1 heterocycles. The van der Waals surface area contributed by atoms with Crippen molar-refractivity contribution in [1.29, 1.82) is 0 Å². The highest BCUT2D eigenvalue weighted by molar-refractivity contribution is 6.32. The van der Waals surface area contributed by atoms with E-state index in [-0.39, 0.29) is 24.0 Å². The van der Waals surface area contributed by atoms with Crippen LogP contribution in [0.2, 0.25) is 5.02 Å². The predicted molar refractivity (Wildman–Crippen MR) is 89.9 cm³/mol. The molecule has 0 radical (unpaired) electrons. The molecule has 1 aromatic rings. The molecule has 1 aliphatic carbocycles. The Morgan fingerprint density at radius 1 is 1.48 bits per heavy atom. The molecule has 1 aromatic heterocycles. The Kier molecular flexibility index (Phi) is 6.25. The molecule has 1 amide bonds. The molecular weight excluding hydrogens is 316 g/mol. The Balaban J connectivity index is 2.02. The zero-order valence-corrected chi connectivity index (χ0v) is 14.7. The molecule has 2 rings (SSSR count). The molecule has 5 nitrogen and oxygen atoms in total. The van der Waals surface area contributed by atoms with Crippen LogP contribution in [0.15, 0.2) is 12.3 Å². The maximum atomic E-state index is 12.5. The summed E-state index contributed by atoms with van der Waals surface area (Å²) in [4.78, 5) is 18.3. The molecule has 128 valence electrons. The Bertz CT molecular complexity index is 551. The van der Waals surface area contributed by atoms with Crippen LogP contribution in [-0.4, -0.2) is 46.7 Å². The first-order chi connectivity index (χ1) is 10.9. The lowest BCUT2D eigenvalue weighted by molar-refractivity contribution is 0.0451. The van der Waals surface area contributed by atoms with Gasteiger partial charge in [-0.05, 0) is 32.8 Å². The lowest BCUT2D eigenvalue weighted by atomic mass is 9.86. The molecule has 1 fully saturated rings. The molecule has 2 unspecified atom stereocenters. The summed E-state index contributed by atoms with van der Waals surface area (Å²) in [6.07, 6.45) is 5.09. The Morgan fingerprint density at radius 2 is 2.17 bits per heavy atom. The number of pyridine rings is 1. The second-order valence-electron chi connectivity index (χ2n) is 6.48. The number of amides is 1. The summed E-state index contributed by atoms with van der Waals surface area (Å²) in [6, 6.07) is 1.59. The van der Waals surface area contributed by atoms with Crippen LogP contribution in [-0.2, 0) is 0 Å². The second kappa shape index (κ2) is 7.97. The van der Waals surface area contributed by atoms with Gasteiger partial charge in [-0.3, -0.25) is 4.79 Å². The van der Waals surface area contributed by atoms with E-state index in [4.69, 9.17) is 16.3 Å². The summed E-state index contributed by atoms with van der Waals surface area (Å²) < 4.78 is 5.47. The topological polar surface area (TPSA) is 62.7 Å². The van der Waals surface area contributed by atoms with Crippen molar-refractivity contribution < 1.29 is 14.6 Å². The zero-order chi connectivity index (χ0) is 17.0. The lowest BCUT2D eigenvalue weighted by Crippen LogP contribution is -2.38. The molecule has 0 spiro atoms. The minimum atomic E-state index is -0.317. The van der Waals surface area contributed by atoms with Gasteiger partial charge in [0.1, 0.15) is 5.02 Å². The normalized spacial score (nSPS) is 21.3. The van der Waals surface area contributed by atoms with Crippen LogP contribution in [0, 0.1) is 5.92 Å². The summed E-state index contributed by atoms with van der Waals surface area (Å²) in [5.41, 5.74) is 0.430. The van der Waals surface area contributed by atoms with Crippen LogP contribution in [0.4, 0.5) is 0 Å². The van der Waals surface area contributed by atoms with Gasteiger partial charge in [-0.1, -0.05) is 24.4 Å². The highest BCUT2D eigenvalue weighted by atomic mass is 35.5. The fourth-order valence-corrected chi connectivity index (χ4v) is 3.12. The van der Waals surface area contributed by atoms with Gasteiger partial charge >= 0.3 is 0 Å². The van der Waals surface area contributed by atoms with Crippen LogP contribution in [0.1, 0.15) is 49.9 Å². The highest BCUT2D eigenvalue weighted by Gasteiger charge is 2.26. The monoisotopic (exact) mass is 340 g/mol. The van der Waals surface area contributed by atoms with Gasteiger partial charge in [0.25, 0.3) is 5.91 Å². The molecule has 0 aliphatic heterocycles. The Morgan fingerprint density at radius 3 is 2.78 bits per heavy atom. The lowest BCUT2D eigenvalue weighted by Gasteiger charge is -2.31. The van der Waals surface area contributed by atoms with Gasteiger partial charge in [0, 0.05) is 25.7 Å². The van der Waals surface area contributed by atoms with E-state index in [1.165, 1.54) is 6.20 Å². The SMILES string of the molecule is CC(C)Oc1ncc(C(=O)N(C)CC2CCCCC2O)cc1Cl. The molecule has 1 aliphatic rings. The smallest absolute Gasteiger partial charge is 0.255 e. The van der Waals surface area contributed by atoms with Gasteiger partial charge < -0.3 is 14.7 Å². The number of rotatable bonds is 5. The minimum Gasteiger partial charge on any atom is -0.474 e. The standard InChI is InChI=1S/C17H25ClN2O3/c1-11(2)23-16-14(18)8-13(9-19-16)17(22)20(3)10-12-6-4-5-7-15(12)21/h8-9,11-12,15,21H,4-7,10H2,1-3H3. The number of aromatic nitrogens is 1. The van der Waals surface area contributed by atoms with Crippen molar-refractivity contribution in [2.24, 2.45) is 5.92 Å². The molecule has 23 heavy (non-hydrogen) atoms. The third-order valence-electron chi connectivity index (χ3n) is 4.13. The van der Waals surface area contributed by atoms with Gasteiger partial charge in [0.15, 0.2) is 0 Å². The van der Waals surface area contributed by atoms with Crippen molar-refractivity contribution >= 4 is 17.5 Å². The second-order valence-corrected chi connectivity index (χ2v) is 6.88. The number of carbonyl (C=O) groups excluding carboxylic acids is 1. The van der Waals surface area contributed by atoms with Crippen molar-refractivity contribution in [3.63, 3.8) is 0 Å². The van der Waals surface area contributed by atoms with E-state index in [0.29, 0.717) is 23.0 Å². The van der Waals surface area contributed by atoms with E-state index in [1.54, 1.807) is 18.0 Å². The minimum absolute atomic E-state index is 0.0305. The number of hydrogen-bond donors (Lipinski definition) is 1. The summed E-state index contributed by atoms with van der Waals surface area (Å²) in [6.45, 7) is 4.32. The molecule has 0 bridgehead atoms. The number of aliphatic hydroxyl groups is 1. The third kappa shape index (κ3) is 4.82. The summed E-state index contributed by atoms with van der Waals surface area (Å²) in [5, 5.41) is 10.4. The molecule has 0 saturated heterocycles. The maximum Gasteiger partial charge on any atom is 0.255 e. The number of carbonyl (C=O) groups is 1. The molecule has 2 atom stereocenters. The first-order valence-electron chi connectivity index (χ1n) is 8.14. The fraction of sp³-hybridized carbons (Fsp3) is 0.647. The number of nitrogens with zero attached hydrogens (tertiary/aromatic N) is 2.